The average molecular weight is 257 g/mol. The van der Waals surface area contributed by atoms with Gasteiger partial charge in [0.15, 0.2) is 0 Å². The lowest BCUT2D eigenvalue weighted by atomic mass is 9.98. The van der Waals surface area contributed by atoms with E-state index in [1.54, 1.807) is 0 Å². The lowest BCUT2D eigenvalue weighted by Crippen LogP contribution is -2.41. The van der Waals surface area contributed by atoms with Crippen LogP contribution in [0.1, 0.15) is 40.0 Å². The second-order valence-electron chi connectivity index (χ2n) is 5.88. The van der Waals surface area contributed by atoms with Crippen molar-refractivity contribution in [1.29, 1.82) is 0 Å². The van der Waals surface area contributed by atoms with E-state index in [1.807, 2.05) is 6.92 Å². The van der Waals surface area contributed by atoms with Gasteiger partial charge in [-0.05, 0) is 52.4 Å². The van der Waals surface area contributed by atoms with E-state index in [4.69, 9.17) is 10.8 Å². The molecule has 0 aliphatic carbocycles. The molecule has 0 spiro atoms. The molecule has 0 aromatic carbocycles. The van der Waals surface area contributed by atoms with Crippen LogP contribution in [0.25, 0.3) is 0 Å². The predicted octanol–water partition coefficient (Wildman–Crippen LogP) is 0.892. The summed E-state index contributed by atoms with van der Waals surface area (Å²) in [4.78, 5) is 5.09. The van der Waals surface area contributed by atoms with Crippen LogP contribution < -0.4 is 5.73 Å². The van der Waals surface area contributed by atoms with Gasteiger partial charge in [0.25, 0.3) is 0 Å². The Morgan fingerprint density at radius 3 is 2.61 bits per heavy atom. The summed E-state index contributed by atoms with van der Waals surface area (Å²) in [6, 6.07) is 0.738. The van der Waals surface area contributed by atoms with Crippen LogP contribution in [0.15, 0.2) is 0 Å². The van der Waals surface area contributed by atoms with Crippen molar-refractivity contribution in [2.24, 2.45) is 5.73 Å². The van der Waals surface area contributed by atoms with Crippen LogP contribution >= 0.6 is 0 Å². The lowest BCUT2D eigenvalue weighted by molar-refractivity contribution is 0.186. The normalized spacial score (nSPS) is 24.7. The second kappa shape index (κ2) is 7.43. The summed E-state index contributed by atoms with van der Waals surface area (Å²) in [7, 11) is 0. The largest absolute Gasteiger partial charge is 0.394 e. The van der Waals surface area contributed by atoms with Gasteiger partial charge in [-0.25, -0.2) is 0 Å². The molecule has 108 valence electrons. The predicted molar refractivity (Wildman–Crippen MR) is 76.7 cm³/mol. The fraction of sp³-hybridized carbons (Fsp3) is 1.00. The monoisotopic (exact) mass is 257 g/mol. The Bertz CT molecular complexity index is 229. The standard InChI is InChI=1S/C14H31N3O/c1-4-17(5-2)13-7-10-16(11-13)9-6-8-14(3,15)12-18/h13,18H,4-12,15H2,1-3H3. The van der Waals surface area contributed by atoms with Gasteiger partial charge in [0.1, 0.15) is 0 Å². The molecule has 1 aliphatic heterocycles. The molecule has 1 saturated heterocycles. The van der Waals surface area contributed by atoms with Crippen LogP contribution in [0.2, 0.25) is 0 Å². The third-order valence-corrected chi connectivity index (χ3v) is 4.16. The Hall–Kier alpha value is -0.160. The number of nitrogens with zero attached hydrogens (tertiary/aromatic N) is 2. The molecule has 18 heavy (non-hydrogen) atoms. The second-order valence-corrected chi connectivity index (χ2v) is 5.88. The zero-order valence-electron chi connectivity index (χ0n) is 12.4. The van der Waals surface area contributed by atoms with Crippen molar-refractivity contribution in [2.45, 2.75) is 51.6 Å². The van der Waals surface area contributed by atoms with Crippen molar-refractivity contribution >= 4 is 0 Å². The van der Waals surface area contributed by atoms with E-state index in [9.17, 15) is 0 Å². The first-order chi connectivity index (χ1) is 8.52. The van der Waals surface area contributed by atoms with Gasteiger partial charge in [0, 0.05) is 18.1 Å². The van der Waals surface area contributed by atoms with Crippen LogP contribution in [0.3, 0.4) is 0 Å². The number of likely N-dealkylation sites (N-methyl/N-ethyl adjacent to an activating group) is 1. The van der Waals surface area contributed by atoms with Crippen molar-refractivity contribution < 1.29 is 5.11 Å². The summed E-state index contributed by atoms with van der Waals surface area (Å²) in [5.41, 5.74) is 5.54. The van der Waals surface area contributed by atoms with Crippen molar-refractivity contribution in [1.82, 2.24) is 9.80 Å². The van der Waals surface area contributed by atoms with E-state index in [1.165, 1.54) is 19.5 Å². The Morgan fingerprint density at radius 2 is 2.06 bits per heavy atom. The maximum atomic E-state index is 9.12. The van der Waals surface area contributed by atoms with Gasteiger partial charge in [0.2, 0.25) is 0 Å². The molecule has 4 heteroatoms. The van der Waals surface area contributed by atoms with Crippen LogP contribution in [-0.4, -0.2) is 65.8 Å². The van der Waals surface area contributed by atoms with Crippen molar-refractivity contribution in [2.75, 3.05) is 39.3 Å². The van der Waals surface area contributed by atoms with Gasteiger partial charge in [-0.2, -0.15) is 0 Å². The molecule has 0 aromatic heterocycles. The van der Waals surface area contributed by atoms with Gasteiger partial charge in [-0.15, -0.1) is 0 Å². The van der Waals surface area contributed by atoms with Crippen molar-refractivity contribution in [3.05, 3.63) is 0 Å². The van der Waals surface area contributed by atoms with E-state index < -0.39 is 5.54 Å². The summed E-state index contributed by atoms with van der Waals surface area (Å²) < 4.78 is 0. The Morgan fingerprint density at radius 1 is 1.39 bits per heavy atom. The minimum absolute atomic E-state index is 0.0784. The van der Waals surface area contributed by atoms with E-state index >= 15 is 0 Å². The molecule has 2 atom stereocenters. The quantitative estimate of drug-likeness (QED) is 0.678. The molecule has 1 heterocycles. The molecule has 0 aromatic rings. The van der Waals surface area contributed by atoms with Gasteiger partial charge in [-0.1, -0.05) is 13.8 Å². The number of aliphatic hydroxyl groups is 1. The van der Waals surface area contributed by atoms with E-state index in [0.29, 0.717) is 0 Å². The summed E-state index contributed by atoms with van der Waals surface area (Å²) in [5, 5.41) is 9.12. The molecular weight excluding hydrogens is 226 g/mol. The molecular formula is C14H31N3O. The molecule has 2 unspecified atom stereocenters. The fourth-order valence-electron chi connectivity index (χ4n) is 2.84. The Labute approximate surface area is 112 Å². The highest BCUT2D eigenvalue weighted by atomic mass is 16.3. The maximum Gasteiger partial charge on any atom is 0.0608 e. The van der Waals surface area contributed by atoms with Crippen molar-refractivity contribution in [3.8, 4) is 0 Å². The zero-order valence-corrected chi connectivity index (χ0v) is 12.4. The molecule has 3 N–H and O–H groups in total. The fourth-order valence-corrected chi connectivity index (χ4v) is 2.84. The number of hydrogen-bond donors (Lipinski definition) is 2. The minimum atomic E-state index is -0.405. The number of likely N-dealkylation sites (tertiary alicyclic amines) is 1. The molecule has 0 saturated carbocycles. The van der Waals surface area contributed by atoms with E-state index in [-0.39, 0.29) is 6.61 Å². The number of nitrogens with two attached hydrogens (primary N) is 1. The summed E-state index contributed by atoms with van der Waals surface area (Å²) >= 11 is 0. The highest BCUT2D eigenvalue weighted by Gasteiger charge is 2.26. The molecule has 0 amide bonds. The van der Waals surface area contributed by atoms with Crippen LogP contribution in [0.4, 0.5) is 0 Å². The molecule has 1 fully saturated rings. The van der Waals surface area contributed by atoms with Gasteiger partial charge in [-0.3, -0.25) is 4.90 Å². The summed E-state index contributed by atoms with van der Waals surface area (Å²) in [5.74, 6) is 0. The van der Waals surface area contributed by atoms with E-state index in [0.717, 1.165) is 38.5 Å². The first kappa shape index (κ1) is 15.9. The molecule has 1 aliphatic rings. The first-order valence-corrected chi connectivity index (χ1v) is 7.38. The van der Waals surface area contributed by atoms with Crippen LogP contribution in [-0.2, 0) is 0 Å². The van der Waals surface area contributed by atoms with Gasteiger partial charge in [0.05, 0.1) is 6.61 Å². The SMILES string of the molecule is CCN(CC)C1CCN(CCCC(C)(N)CO)C1. The molecule has 4 nitrogen and oxygen atoms in total. The zero-order chi connectivity index (χ0) is 13.6. The minimum Gasteiger partial charge on any atom is -0.394 e. The lowest BCUT2D eigenvalue weighted by Gasteiger charge is -2.27. The number of hydrogen-bond acceptors (Lipinski definition) is 4. The van der Waals surface area contributed by atoms with Crippen LogP contribution in [0.5, 0.6) is 0 Å². The van der Waals surface area contributed by atoms with Gasteiger partial charge < -0.3 is 15.7 Å². The molecule has 0 bridgehead atoms. The maximum absolute atomic E-state index is 9.12. The highest BCUT2D eigenvalue weighted by Crippen LogP contribution is 2.17. The number of rotatable bonds is 8. The molecule has 0 radical (unpaired) electrons. The third-order valence-electron chi connectivity index (χ3n) is 4.16. The Kier molecular flexibility index (Phi) is 6.57. The smallest absolute Gasteiger partial charge is 0.0608 e. The van der Waals surface area contributed by atoms with Gasteiger partial charge >= 0.3 is 0 Å². The Balaban J connectivity index is 2.22. The number of aliphatic hydroxyl groups excluding tert-OH is 1. The summed E-state index contributed by atoms with van der Waals surface area (Å²) in [6.07, 6.45) is 3.27. The van der Waals surface area contributed by atoms with Crippen molar-refractivity contribution in [3.63, 3.8) is 0 Å². The molecule has 1 rings (SSSR count). The van der Waals surface area contributed by atoms with Crippen LogP contribution in [0, 0.1) is 0 Å². The summed E-state index contributed by atoms with van der Waals surface area (Å²) in [6.45, 7) is 12.3. The third kappa shape index (κ3) is 4.84. The average Bonchev–Trinajstić information content (AvgIpc) is 2.79. The topological polar surface area (TPSA) is 52.7 Å². The van der Waals surface area contributed by atoms with E-state index in [2.05, 4.69) is 23.6 Å². The first-order valence-electron chi connectivity index (χ1n) is 7.38. The highest BCUT2D eigenvalue weighted by molar-refractivity contribution is 4.84.